The van der Waals surface area contributed by atoms with Crippen molar-refractivity contribution in [2.75, 3.05) is 6.54 Å². The lowest BCUT2D eigenvalue weighted by molar-refractivity contribution is -0.145. The molecule has 1 aromatic rings. The minimum Gasteiger partial charge on any atom is -0.389 e. The Morgan fingerprint density at radius 2 is 2.14 bits per heavy atom. The Bertz CT molecular complexity index is 631. The SMILES string of the molecule is CC1(C)C(=O)NC(=O)CN1Cc1cc(C(N)=S)ccc1F. The molecule has 0 aromatic heterocycles. The van der Waals surface area contributed by atoms with Crippen molar-refractivity contribution in [2.24, 2.45) is 5.73 Å². The number of hydrogen-bond donors (Lipinski definition) is 2. The van der Waals surface area contributed by atoms with Gasteiger partial charge in [0.2, 0.25) is 11.8 Å². The second-order valence-corrected chi connectivity index (χ2v) is 5.90. The number of imide groups is 1. The van der Waals surface area contributed by atoms with E-state index < -0.39 is 23.2 Å². The van der Waals surface area contributed by atoms with Gasteiger partial charge in [-0.05, 0) is 32.0 Å². The van der Waals surface area contributed by atoms with Crippen LogP contribution in [-0.2, 0) is 16.1 Å². The van der Waals surface area contributed by atoms with Crippen LogP contribution in [0.3, 0.4) is 0 Å². The molecule has 21 heavy (non-hydrogen) atoms. The summed E-state index contributed by atoms with van der Waals surface area (Å²) in [6.07, 6.45) is 0. The monoisotopic (exact) mass is 309 g/mol. The van der Waals surface area contributed by atoms with Crippen LogP contribution in [0.5, 0.6) is 0 Å². The van der Waals surface area contributed by atoms with E-state index in [1.165, 1.54) is 12.1 Å². The van der Waals surface area contributed by atoms with Gasteiger partial charge in [-0.15, -0.1) is 0 Å². The molecule has 0 unspecified atom stereocenters. The van der Waals surface area contributed by atoms with Crippen molar-refractivity contribution in [3.05, 3.63) is 35.1 Å². The van der Waals surface area contributed by atoms with Gasteiger partial charge in [0, 0.05) is 17.7 Å². The van der Waals surface area contributed by atoms with Crippen molar-refractivity contribution in [3.8, 4) is 0 Å². The highest BCUT2D eigenvalue weighted by Gasteiger charge is 2.40. The van der Waals surface area contributed by atoms with Crippen molar-refractivity contribution in [1.29, 1.82) is 0 Å². The quantitative estimate of drug-likeness (QED) is 0.635. The van der Waals surface area contributed by atoms with Gasteiger partial charge in [-0.3, -0.25) is 19.8 Å². The van der Waals surface area contributed by atoms with Gasteiger partial charge in [0.15, 0.2) is 0 Å². The van der Waals surface area contributed by atoms with Crippen molar-refractivity contribution < 1.29 is 14.0 Å². The molecule has 1 aromatic carbocycles. The topological polar surface area (TPSA) is 75.4 Å². The molecular weight excluding hydrogens is 293 g/mol. The number of nitrogens with one attached hydrogen (secondary N) is 1. The van der Waals surface area contributed by atoms with Crippen LogP contribution in [0.1, 0.15) is 25.0 Å². The van der Waals surface area contributed by atoms with Crippen molar-refractivity contribution in [1.82, 2.24) is 10.2 Å². The molecule has 2 amide bonds. The molecule has 2 rings (SSSR count). The fourth-order valence-electron chi connectivity index (χ4n) is 2.14. The molecule has 1 aliphatic rings. The average Bonchev–Trinajstić information content (AvgIpc) is 2.38. The predicted octanol–water partition coefficient (Wildman–Crippen LogP) is 0.697. The second kappa shape index (κ2) is 5.50. The number of nitrogens with zero attached hydrogens (tertiary/aromatic N) is 1. The number of piperazine rings is 1. The third kappa shape index (κ3) is 3.08. The number of hydrogen-bond acceptors (Lipinski definition) is 4. The fourth-order valence-corrected chi connectivity index (χ4v) is 2.27. The molecule has 0 aliphatic carbocycles. The van der Waals surface area contributed by atoms with E-state index in [0.29, 0.717) is 11.1 Å². The molecule has 1 saturated heterocycles. The fraction of sp³-hybridized carbons (Fsp3) is 0.357. The summed E-state index contributed by atoms with van der Waals surface area (Å²) >= 11 is 4.88. The number of amides is 2. The van der Waals surface area contributed by atoms with E-state index in [0.717, 1.165) is 0 Å². The maximum Gasteiger partial charge on any atom is 0.246 e. The standard InChI is InChI=1S/C14H16FN3O2S/c1-14(2)13(20)17-11(19)7-18(14)6-9-5-8(12(16)21)3-4-10(9)15/h3-5H,6-7H2,1-2H3,(H2,16,21)(H,17,19,20). The van der Waals surface area contributed by atoms with E-state index in [4.69, 9.17) is 18.0 Å². The number of nitrogens with two attached hydrogens (primary N) is 1. The van der Waals surface area contributed by atoms with Gasteiger partial charge in [-0.25, -0.2) is 4.39 Å². The van der Waals surface area contributed by atoms with Gasteiger partial charge in [0.1, 0.15) is 10.8 Å². The van der Waals surface area contributed by atoms with E-state index in [2.05, 4.69) is 5.32 Å². The molecule has 1 heterocycles. The van der Waals surface area contributed by atoms with Crippen LogP contribution >= 0.6 is 12.2 Å². The predicted molar refractivity (Wildman–Crippen MR) is 79.9 cm³/mol. The average molecular weight is 309 g/mol. The molecule has 0 bridgehead atoms. The molecule has 7 heteroatoms. The Labute approximate surface area is 127 Å². The molecule has 3 N–H and O–H groups in total. The Balaban J connectivity index is 2.32. The van der Waals surface area contributed by atoms with Crippen LogP contribution in [0.4, 0.5) is 4.39 Å². The summed E-state index contributed by atoms with van der Waals surface area (Å²) in [4.78, 5) is 25.2. The summed E-state index contributed by atoms with van der Waals surface area (Å²) in [7, 11) is 0. The number of carbonyl (C=O) groups excluding carboxylic acids is 2. The highest BCUT2D eigenvalue weighted by Crippen LogP contribution is 2.22. The van der Waals surface area contributed by atoms with E-state index >= 15 is 0 Å². The van der Waals surface area contributed by atoms with E-state index in [-0.39, 0.29) is 18.1 Å². The number of benzene rings is 1. The van der Waals surface area contributed by atoms with Gasteiger partial charge < -0.3 is 5.73 Å². The van der Waals surface area contributed by atoms with Gasteiger partial charge in [0.25, 0.3) is 0 Å². The van der Waals surface area contributed by atoms with Crippen LogP contribution < -0.4 is 11.1 Å². The Morgan fingerprint density at radius 3 is 2.76 bits per heavy atom. The zero-order valence-electron chi connectivity index (χ0n) is 11.8. The van der Waals surface area contributed by atoms with E-state index in [1.807, 2.05) is 0 Å². The molecule has 1 fully saturated rings. The van der Waals surface area contributed by atoms with Crippen molar-refractivity contribution in [3.63, 3.8) is 0 Å². The van der Waals surface area contributed by atoms with Gasteiger partial charge in [0.05, 0.1) is 12.1 Å². The minimum atomic E-state index is -0.903. The molecule has 5 nitrogen and oxygen atoms in total. The summed E-state index contributed by atoms with van der Waals surface area (Å²) in [5.74, 6) is -1.22. The summed E-state index contributed by atoms with van der Waals surface area (Å²) in [5.41, 5.74) is 5.53. The minimum absolute atomic E-state index is 0.0233. The van der Waals surface area contributed by atoms with E-state index in [9.17, 15) is 14.0 Å². The second-order valence-electron chi connectivity index (χ2n) is 5.46. The molecule has 0 spiro atoms. The Hall–Kier alpha value is -1.86. The first kappa shape index (κ1) is 15.5. The van der Waals surface area contributed by atoms with Gasteiger partial charge in [-0.2, -0.15) is 0 Å². The summed E-state index contributed by atoms with van der Waals surface area (Å²) in [6, 6.07) is 4.33. The van der Waals surface area contributed by atoms with Crippen LogP contribution in [0.2, 0.25) is 0 Å². The third-order valence-electron chi connectivity index (χ3n) is 3.63. The van der Waals surface area contributed by atoms with Crippen LogP contribution in [0.15, 0.2) is 18.2 Å². The van der Waals surface area contributed by atoms with Crippen LogP contribution in [-0.4, -0.2) is 33.8 Å². The zero-order chi connectivity index (χ0) is 15.8. The third-order valence-corrected chi connectivity index (χ3v) is 3.86. The maximum absolute atomic E-state index is 13.9. The largest absolute Gasteiger partial charge is 0.389 e. The lowest BCUT2D eigenvalue weighted by Gasteiger charge is -2.40. The number of carbonyl (C=O) groups is 2. The summed E-state index contributed by atoms with van der Waals surface area (Å²) in [6.45, 7) is 3.51. The highest BCUT2D eigenvalue weighted by atomic mass is 32.1. The lowest BCUT2D eigenvalue weighted by atomic mass is 9.97. The number of halogens is 1. The molecule has 1 aliphatic heterocycles. The Kier molecular flexibility index (Phi) is 4.06. The van der Waals surface area contributed by atoms with E-state index in [1.54, 1.807) is 24.8 Å². The number of thiocarbonyl (C=S) groups is 1. The summed E-state index contributed by atoms with van der Waals surface area (Å²) in [5, 5.41) is 2.28. The Morgan fingerprint density at radius 1 is 1.48 bits per heavy atom. The molecular formula is C14H16FN3O2S. The van der Waals surface area contributed by atoms with Crippen molar-refractivity contribution in [2.45, 2.75) is 25.9 Å². The molecule has 112 valence electrons. The molecule has 0 atom stereocenters. The smallest absolute Gasteiger partial charge is 0.246 e. The lowest BCUT2D eigenvalue weighted by Crippen LogP contribution is -2.63. The van der Waals surface area contributed by atoms with Crippen molar-refractivity contribution >= 4 is 29.0 Å². The molecule has 0 saturated carbocycles. The zero-order valence-corrected chi connectivity index (χ0v) is 12.6. The van der Waals surface area contributed by atoms with Gasteiger partial charge in [-0.1, -0.05) is 12.2 Å². The molecule has 0 radical (unpaired) electrons. The normalized spacial score (nSPS) is 18.4. The van der Waals surface area contributed by atoms with Gasteiger partial charge >= 0.3 is 0 Å². The first-order valence-corrected chi connectivity index (χ1v) is 6.80. The van der Waals surface area contributed by atoms with Crippen LogP contribution in [0.25, 0.3) is 0 Å². The first-order valence-electron chi connectivity index (χ1n) is 6.39. The first-order chi connectivity index (χ1) is 9.71. The van der Waals surface area contributed by atoms with Crippen LogP contribution in [0, 0.1) is 5.82 Å². The maximum atomic E-state index is 13.9. The highest BCUT2D eigenvalue weighted by molar-refractivity contribution is 7.80. The number of rotatable bonds is 3. The summed E-state index contributed by atoms with van der Waals surface area (Å²) < 4.78 is 13.9.